The summed E-state index contributed by atoms with van der Waals surface area (Å²) in [7, 11) is -3.52. The van der Waals surface area contributed by atoms with Crippen molar-refractivity contribution < 1.29 is 32.0 Å². The zero-order chi connectivity index (χ0) is 21.6. The summed E-state index contributed by atoms with van der Waals surface area (Å²) in [6, 6.07) is 8.80. The van der Waals surface area contributed by atoms with Crippen molar-refractivity contribution in [3.63, 3.8) is 0 Å². The molecule has 0 saturated heterocycles. The molecule has 1 aromatic carbocycles. The number of carbonyl (C=O) groups excluding carboxylic acids is 1. The molecule has 0 fully saturated rings. The molecule has 9 heteroatoms. The average Bonchev–Trinajstić information content (AvgIpc) is 2.62. The molecule has 0 bridgehead atoms. The highest BCUT2D eigenvalue weighted by Crippen LogP contribution is 2.23. The van der Waals surface area contributed by atoms with Crippen molar-refractivity contribution in [2.24, 2.45) is 11.1 Å². The highest BCUT2D eigenvalue weighted by molar-refractivity contribution is 7.86. The monoisotopic (exact) mass is 417 g/mol. The average molecular weight is 418 g/mol. The molecule has 160 valence electrons. The Bertz CT molecular complexity index is 683. The SMILES string of the molecule is CC(=O)O.CC(C)(CCCOC(=O)c1ccccc1)COS(=O)(=O)CCCN. The number of rotatable bonds is 11. The number of hydrogen-bond donors (Lipinski definition) is 2. The van der Waals surface area contributed by atoms with E-state index in [1.807, 2.05) is 19.9 Å². The van der Waals surface area contributed by atoms with Gasteiger partial charge in [0.1, 0.15) is 0 Å². The van der Waals surface area contributed by atoms with E-state index >= 15 is 0 Å². The number of carbonyl (C=O) groups is 2. The number of hydrogen-bond acceptors (Lipinski definition) is 7. The van der Waals surface area contributed by atoms with Gasteiger partial charge in [-0.1, -0.05) is 32.0 Å². The first-order valence-electron chi connectivity index (χ1n) is 8.98. The maximum Gasteiger partial charge on any atom is 0.338 e. The molecule has 0 atom stereocenters. The zero-order valence-electron chi connectivity index (χ0n) is 16.7. The van der Waals surface area contributed by atoms with Gasteiger partial charge in [0.2, 0.25) is 0 Å². The highest BCUT2D eigenvalue weighted by Gasteiger charge is 2.22. The zero-order valence-corrected chi connectivity index (χ0v) is 17.5. The first-order valence-corrected chi connectivity index (χ1v) is 10.6. The predicted octanol–water partition coefficient (Wildman–Crippen LogP) is 2.44. The number of benzene rings is 1. The molecule has 0 amide bonds. The number of ether oxygens (including phenoxy) is 1. The van der Waals surface area contributed by atoms with Gasteiger partial charge in [0.25, 0.3) is 16.1 Å². The lowest BCUT2D eigenvalue weighted by molar-refractivity contribution is -0.134. The van der Waals surface area contributed by atoms with Crippen LogP contribution in [0.4, 0.5) is 0 Å². The van der Waals surface area contributed by atoms with E-state index in [1.165, 1.54) is 0 Å². The van der Waals surface area contributed by atoms with Crippen LogP contribution in [0.5, 0.6) is 0 Å². The molecule has 28 heavy (non-hydrogen) atoms. The van der Waals surface area contributed by atoms with Gasteiger partial charge in [0, 0.05) is 6.92 Å². The van der Waals surface area contributed by atoms with Crippen LogP contribution in [0.1, 0.15) is 50.4 Å². The molecule has 1 aromatic rings. The second-order valence-electron chi connectivity index (χ2n) is 6.95. The third-order valence-electron chi connectivity index (χ3n) is 3.47. The highest BCUT2D eigenvalue weighted by atomic mass is 32.2. The van der Waals surface area contributed by atoms with Crippen LogP contribution >= 0.6 is 0 Å². The van der Waals surface area contributed by atoms with Gasteiger partial charge in [-0.2, -0.15) is 8.42 Å². The van der Waals surface area contributed by atoms with Crippen molar-refractivity contribution in [3.05, 3.63) is 35.9 Å². The molecule has 8 nitrogen and oxygen atoms in total. The molecule has 0 heterocycles. The second-order valence-corrected chi connectivity index (χ2v) is 8.71. The maximum absolute atomic E-state index is 11.8. The van der Waals surface area contributed by atoms with Crippen molar-refractivity contribution in [3.8, 4) is 0 Å². The van der Waals surface area contributed by atoms with Crippen LogP contribution < -0.4 is 5.73 Å². The minimum Gasteiger partial charge on any atom is -0.481 e. The van der Waals surface area contributed by atoms with Gasteiger partial charge >= 0.3 is 5.97 Å². The number of aliphatic carboxylic acids is 1. The Morgan fingerprint density at radius 1 is 1.14 bits per heavy atom. The van der Waals surface area contributed by atoms with Gasteiger partial charge in [-0.15, -0.1) is 0 Å². The minimum absolute atomic E-state index is 0.0612. The van der Waals surface area contributed by atoms with Crippen molar-refractivity contribution in [2.45, 2.75) is 40.0 Å². The lowest BCUT2D eigenvalue weighted by Crippen LogP contribution is -2.24. The minimum atomic E-state index is -3.52. The molecular weight excluding hydrogens is 386 g/mol. The summed E-state index contributed by atoms with van der Waals surface area (Å²) in [4.78, 5) is 20.8. The normalized spacial score (nSPS) is 11.3. The molecule has 0 aliphatic heterocycles. The van der Waals surface area contributed by atoms with E-state index < -0.39 is 16.1 Å². The molecule has 1 rings (SSSR count). The Morgan fingerprint density at radius 3 is 2.25 bits per heavy atom. The maximum atomic E-state index is 11.8. The van der Waals surface area contributed by atoms with Gasteiger partial charge in [-0.25, -0.2) is 4.79 Å². The summed E-state index contributed by atoms with van der Waals surface area (Å²) in [5.41, 5.74) is 5.50. The van der Waals surface area contributed by atoms with Crippen molar-refractivity contribution in [2.75, 3.05) is 25.5 Å². The summed E-state index contributed by atoms with van der Waals surface area (Å²) in [5.74, 6) is -1.25. The van der Waals surface area contributed by atoms with E-state index in [9.17, 15) is 13.2 Å². The summed E-state index contributed by atoms with van der Waals surface area (Å²) < 4.78 is 33.6. The van der Waals surface area contributed by atoms with Crippen LogP contribution in [0.15, 0.2) is 30.3 Å². The molecule has 0 aliphatic rings. The molecule has 0 aromatic heterocycles. The number of carboxylic acid groups (broad SMARTS) is 1. The van der Waals surface area contributed by atoms with Gasteiger partial charge in [0.05, 0.1) is 24.5 Å². The fraction of sp³-hybridized carbons (Fsp3) is 0.579. The van der Waals surface area contributed by atoms with Gasteiger partial charge < -0.3 is 15.6 Å². The quantitative estimate of drug-likeness (QED) is 0.319. The molecule has 0 spiro atoms. The van der Waals surface area contributed by atoms with Crippen molar-refractivity contribution >= 4 is 22.1 Å². The summed E-state index contributed by atoms with van der Waals surface area (Å²) >= 11 is 0. The molecule has 3 N–H and O–H groups in total. The largest absolute Gasteiger partial charge is 0.481 e. The van der Waals surface area contributed by atoms with Crippen molar-refractivity contribution in [1.82, 2.24) is 0 Å². The Labute approximate surface area is 167 Å². The first-order chi connectivity index (χ1) is 13.0. The van der Waals surface area contributed by atoms with E-state index in [0.29, 0.717) is 31.4 Å². The van der Waals surface area contributed by atoms with Crippen LogP contribution in [-0.4, -0.2) is 51.0 Å². The number of esters is 1. The van der Waals surface area contributed by atoms with Gasteiger partial charge in [-0.05, 0) is 43.4 Å². The smallest absolute Gasteiger partial charge is 0.338 e. The molecular formula is C19H31NO7S. The predicted molar refractivity (Wildman–Crippen MR) is 106 cm³/mol. The van der Waals surface area contributed by atoms with E-state index in [1.54, 1.807) is 24.3 Å². The topological polar surface area (TPSA) is 133 Å². The van der Waals surface area contributed by atoms with Crippen LogP contribution in [0, 0.1) is 5.41 Å². The lowest BCUT2D eigenvalue weighted by atomic mass is 9.89. The van der Waals surface area contributed by atoms with E-state index in [2.05, 4.69) is 0 Å². The van der Waals surface area contributed by atoms with E-state index in [4.69, 9.17) is 24.6 Å². The van der Waals surface area contributed by atoms with Crippen molar-refractivity contribution in [1.29, 1.82) is 0 Å². The Morgan fingerprint density at radius 2 is 1.71 bits per heavy atom. The summed E-state index contributed by atoms with van der Waals surface area (Å²) in [6.45, 7) is 5.64. The molecule has 0 radical (unpaired) electrons. The molecule has 0 unspecified atom stereocenters. The Kier molecular flexibility index (Phi) is 12.3. The summed E-state index contributed by atoms with van der Waals surface area (Å²) in [6.07, 6.45) is 1.71. The van der Waals surface area contributed by atoms with Crippen LogP contribution in [0.3, 0.4) is 0 Å². The fourth-order valence-corrected chi connectivity index (χ4v) is 3.15. The molecule has 0 saturated carbocycles. The Hall–Kier alpha value is -1.97. The Balaban J connectivity index is 0.00000165. The van der Waals surface area contributed by atoms with Crippen LogP contribution in [0.2, 0.25) is 0 Å². The van der Waals surface area contributed by atoms with E-state index in [-0.39, 0.29) is 30.4 Å². The standard InChI is InChI=1S/C17H27NO5S.C2H4O2/c1-17(2,14-23-24(20,21)13-7-11-18)10-6-12-22-16(19)15-8-4-3-5-9-15;1-2(3)4/h3-5,8-9H,6-7,10-14,18H2,1-2H3;1H3,(H,3,4). The summed E-state index contributed by atoms with van der Waals surface area (Å²) in [5, 5.41) is 7.42. The second kappa shape index (κ2) is 13.2. The number of nitrogens with two attached hydrogens (primary N) is 1. The molecule has 0 aliphatic carbocycles. The van der Waals surface area contributed by atoms with Crippen LogP contribution in [-0.2, 0) is 23.8 Å². The number of carboxylic acids is 1. The van der Waals surface area contributed by atoms with Gasteiger partial charge in [0.15, 0.2) is 0 Å². The van der Waals surface area contributed by atoms with Crippen LogP contribution in [0.25, 0.3) is 0 Å². The lowest BCUT2D eigenvalue weighted by Gasteiger charge is -2.23. The third kappa shape index (κ3) is 14.1. The van der Waals surface area contributed by atoms with E-state index in [0.717, 1.165) is 6.92 Å². The first kappa shape index (κ1) is 26.0. The van der Waals surface area contributed by atoms with Gasteiger partial charge in [-0.3, -0.25) is 8.98 Å². The third-order valence-corrected chi connectivity index (χ3v) is 4.73. The fourth-order valence-electron chi connectivity index (χ4n) is 2.01.